The molecule has 10 heteroatoms. The van der Waals surface area contributed by atoms with Gasteiger partial charge in [0.15, 0.2) is 11.0 Å². The number of thioether (sulfide) groups is 1. The maximum atomic E-state index is 13.1. The molecule has 3 rings (SSSR count). The van der Waals surface area contributed by atoms with Crippen LogP contribution >= 0.6 is 11.8 Å². The Balaban J connectivity index is 1.57. The molecule has 2 aromatic heterocycles. The van der Waals surface area contributed by atoms with E-state index in [9.17, 15) is 18.0 Å². The Labute approximate surface area is 188 Å². The van der Waals surface area contributed by atoms with Crippen LogP contribution in [-0.4, -0.2) is 44.1 Å². The van der Waals surface area contributed by atoms with Gasteiger partial charge >= 0.3 is 6.18 Å². The molecule has 1 aromatic carbocycles. The van der Waals surface area contributed by atoms with E-state index in [0.717, 1.165) is 21.9 Å². The molecule has 0 spiro atoms. The van der Waals surface area contributed by atoms with Crippen LogP contribution in [0, 0.1) is 0 Å². The van der Waals surface area contributed by atoms with Crippen LogP contribution in [-0.2, 0) is 17.8 Å². The van der Waals surface area contributed by atoms with Crippen molar-refractivity contribution in [3.8, 4) is 11.4 Å². The molecular weight excluding hydrogens is 439 g/mol. The highest BCUT2D eigenvalue weighted by atomic mass is 32.2. The van der Waals surface area contributed by atoms with E-state index in [1.165, 1.54) is 18.0 Å². The molecule has 3 aromatic rings. The number of hydrogen-bond acceptors (Lipinski definition) is 5. The van der Waals surface area contributed by atoms with Crippen LogP contribution in [0.4, 0.5) is 13.2 Å². The largest absolute Gasteiger partial charge is 0.406 e. The molecule has 0 aliphatic heterocycles. The van der Waals surface area contributed by atoms with Gasteiger partial charge in [0, 0.05) is 24.5 Å². The molecule has 0 aliphatic carbocycles. The number of nitrogens with zero attached hydrogens (tertiary/aromatic N) is 4. The first kappa shape index (κ1) is 23.8. The van der Waals surface area contributed by atoms with Crippen LogP contribution in [0.15, 0.2) is 53.9 Å². The standard InChI is InChI=1S/C22H24F3N5OS/c1-15(2)17-5-3-16(4-6-17)7-12-27-19(31)13-32-21-29-28-20(18-8-10-26-11-9-18)30(21)14-22(23,24)25/h3-6,8-11,15H,7,12-14H2,1-2H3,(H,27,31). The van der Waals surface area contributed by atoms with Crippen molar-refractivity contribution in [3.63, 3.8) is 0 Å². The number of aromatic nitrogens is 4. The van der Waals surface area contributed by atoms with Gasteiger partial charge in [0.1, 0.15) is 6.54 Å². The predicted octanol–water partition coefficient (Wildman–Crippen LogP) is 4.48. The minimum atomic E-state index is -4.45. The second-order valence-electron chi connectivity index (χ2n) is 7.53. The van der Waals surface area contributed by atoms with E-state index in [0.29, 0.717) is 24.4 Å². The molecule has 2 heterocycles. The van der Waals surface area contributed by atoms with E-state index in [1.807, 2.05) is 12.1 Å². The van der Waals surface area contributed by atoms with E-state index in [4.69, 9.17) is 0 Å². The van der Waals surface area contributed by atoms with Gasteiger partial charge in [-0.15, -0.1) is 10.2 Å². The molecule has 0 atom stereocenters. The molecule has 1 N–H and O–H groups in total. The zero-order valence-electron chi connectivity index (χ0n) is 17.8. The number of halogens is 3. The molecule has 6 nitrogen and oxygen atoms in total. The number of rotatable bonds is 9. The molecule has 0 radical (unpaired) electrons. The summed E-state index contributed by atoms with van der Waals surface area (Å²) in [6, 6.07) is 11.3. The third-order valence-corrected chi connectivity index (χ3v) is 5.67. The summed E-state index contributed by atoms with van der Waals surface area (Å²) < 4.78 is 40.3. The lowest BCUT2D eigenvalue weighted by atomic mass is 10.0. The van der Waals surface area contributed by atoms with Gasteiger partial charge in [-0.05, 0) is 35.6 Å². The van der Waals surface area contributed by atoms with Gasteiger partial charge in [-0.1, -0.05) is 49.9 Å². The minimum absolute atomic E-state index is 0.0357. The second-order valence-corrected chi connectivity index (χ2v) is 8.47. The number of alkyl halides is 3. The van der Waals surface area contributed by atoms with Crippen LogP contribution < -0.4 is 5.32 Å². The number of nitrogens with one attached hydrogen (secondary N) is 1. The monoisotopic (exact) mass is 463 g/mol. The first-order valence-corrected chi connectivity index (χ1v) is 11.1. The smallest absolute Gasteiger partial charge is 0.355 e. The summed E-state index contributed by atoms with van der Waals surface area (Å²) in [6.45, 7) is 3.46. The number of pyridine rings is 1. The van der Waals surface area contributed by atoms with Crippen molar-refractivity contribution in [2.75, 3.05) is 12.3 Å². The average Bonchev–Trinajstić information content (AvgIpc) is 3.14. The van der Waals surface area contributed by atoms with Gasteiger partial charge in [0.2, 0.25) is 5.91 Å². The van der Waals surface area contributed by atoms with E-state index in [1.54, 1.807) is 12.1 Å². The van der Waals surface area contributed by atoms with Crippen LogP contribution in [0.5, 0.6) is 0 Å². The summed E-state index contributed by atoms with van der Waals surface area (Å²) in [4.78, 5) is 16.1. The summed E-state index contributed by atoms with van der Waals surface area (Å²) in [5.41, 5.74) is 2.83. The van der Waals surface area contributed by atoms with Crippen LogP contribution in [0.25, 0.3) is 11.4 Å². The van der Waals surface area contributed by atoms with Gasteiger partial charge < -0.3 is 5.32 Å². The zero-order chi connectivity index (χ0) is 23.1. The SMILES string of the molecule is CC(C)c1ccc(CCNC(=O)CSc2nnc(-c3ccncc3)n2CC(F)(F)F)cc1. The first-order chi connectivity index (χ1) is 15.2. The van der Waals surface area contributed by atoms with Gasteiger partial charge in [0.05, 0.1) is 5.75 Å². The van der Waals surface area contributed by atoms with E-state index >= 15 is 0 Å². The lowest BCUT2D eigenvalue weighted by molar-refractivity contribution is -0.141. The number of benzene rings is 1. The highest BCUT2D eigenvalue weighted by Crippen LogP contribution is 2.28. The average molecular weight is 464 g/mol. The Morgan fingerprint density at radius 3 is 2.41 bits per heavy atom. The summed E-state index contributed by atoms with van der Waals surface area (Å²) in [5.74, 6) is 0.205. The normalized spacial score (nSPS) is 11.7. The van der Waals surface area contributed by atoms with Gasteiger partial charge in [-0.3, -0.25) is 14.3 Å². The van der Waals surface area contributed by atoms with Crippen molar-refractivity contribution in [3.05, 3.63) is 59.9 Å². The second kappa shape index (κ2) is 10.6. The van der Waals surface area contributed by atoms with E-state index in [2.05, 4.69) is 46.5 Å². The summed E-state index contributed by atoms with van der Waals surface area (Å²) in [5, 5.41) is 10.6. The third-order valence-electron chi connectivity index (χ3n) is 4.71. The number of carbonyl (C=O) groups is 1. The molecule has 1 amide bonds. The fourth-order valence-corrected chi connectivity index (χ4v) is 3.80. The summed E-state index contributed by atoms with van der Waals surface area (Å²) in [6.07, 6.45) is -0.838. The topological polar surface area (TPSA) is 72.7 Å². The van der Waals surface area contributed by atoms with Crippen molar-refractivity contribution in [2.45, 2.75) is 44.1 Å². The molecule has 0 unspecified atom stereocenters. The third kappa shape index (κ3) is 6.81. The molecule has 0 bridgehead atoms. The van der Waals surface area contributed by atoms with Crippen LogP contribution in [0.2, 0.25) is 0 Å². The maximum absolute atomic E-state index is 13.1. The van der Waals surface area contributed by atoms with Gasteiger partial charge in [-0.25, -0.2) is 0 Å². The van der Waals surface area contributed by atoms with E-state index in [-0.39, 0.29) is 22.6 Å². The Kier molecular flexibility index (Phi) is 7.89. The molecule has 32 heavy (non-hydrogen) atoms. The Hall–Kier alpha value is -2.88. The lowest BCUT2D eigenvalue weighted by Crippen LogP contribution is -2.27. The quantitative estimate of drug-likeness (QED) is 0.474. The van der Waals surface area contributed by atoms with E-state index < -0.39 is 12.7 Å². The highest BCUT2D eigenvalue weighted by molar-refractivity contribution is 7.99. The van der Waals surface area contributed by atoms with Crippen molar-refractivity contribution in [1.29, 1.82) is 0 Å². The fraction of sp³-hybridized carbons (Fsp3) is 0.364. The van der Waals surface area contributed by atoms with Crippen molar-refractivity contribution >= 4 is 17.7 Å². The molecule has 170 valence electrons. The molecule has 0 saturated carbocycles. The number of hydrogen-bond donors (Lipinski definition) is 1. The molecular formula is C22H24F3N5OS. The minimum Gasteiger partial charge on any atom is -0.355 e. The lowest BCUT2D eigenvalue weighted by Gasteiger charge is -2.12. The zero-order valence-corrected chi connectivity index (χ0v) is 18.6. The van der Waals surface area contributed by atoms with Crippen molar-refractivity contribution in [1.82, 2.24) is 25.1 Å². The predicted molar refractivity (Wildman–Crippen MR) is 117 cm³/mol. The van der Waals surface area contributed by atoms with Crippen molar-refractivity contribution < 1.29 is 18.0 Å². The number of carbonyl (C=O) groups excluding carboxylic acids is 1. The van der Waals surface area contributed by atoms with Gasteiger partial charge in [0.25, 0.3) is 0 Å². The maximum Gasteiger partial charge on any atom is 0.406 e. The van der Waals surface area contributed by atoms with Crippen LogP contribution in [0.1, 0.15) is 30.9 Å². The van der Waals surface area contributed by atoms with Crippen molar-refractivity contribution in [2.24, 2.45) is 0 Å². The Bertz CT molecular complexity index is 1020. The van der Waals surface area contributed by atoms with Gasteiger partial charge in [-0.2, -0.15) is 13.2 Å². The summed E-state index contributed by atoms with van der Waals surface area (Å²) in [7, 11) is 0. The molecule has 0 fully saturated rings. The molecule has 0 saturated heterocycles. The Morgan fingerprint density at radius 1 is 1.09 bits per heavy atom. The first-order valence-electron chi connectivity index (χ1n) is 10.1. The van der Waals surface area contributed by atoms with Crippen LogP contribution in [0.3, 0.4) is 0 Å². The molecule has 0 aliphatic rings. The fourth-order valence-electron chi connectivity index (χ4n) is 3.03. The number of amides is 1. The highest BCUT2D eigenvalue weighted by Gasteiger charge is 2.31. The Morgan fingerprint density at radius 2 is 1.78 bits per heavy atom. The summed E-state index contributed by atoms with van der Waals surface area (Å²) >= 11 is 0.924.